The molecular formula is C15H17ClN2O2S. The minimum Gasteiger partial charge on any atom is -0.399 e. The van der Waals surface area contributed by atoms with E-state index < -0.39 is 10.0 Å². The molecule has 0 aliphatic rings. The Bertz CT molecular complexity index is 760. The Kier molecular flexibility index (Phi) is 4.56. The standard InChI is InChI=1S/C15H17ClN2O2S/c1-11-6-7-14(17)9-15(11)21(19,20)18(2)10-12-4-3-5-13(16)8-12/h3-9H,10,17H2,1-2H3. The molecule has 6 heteroatoms. The van der Waals surface area contributed by atoms with Crippen LogP contribution >= 0.6 is 11.6 Å². The van der Waals surface area contributed by atoms with Crippen LogP contribution in [0.3, 0.4) is 0 Å². The number of nitrogen functional groups attached to an aromatic ring is 1. The number of anilines is 1. The summed E-state index contributed by atoms with van der Waals surface area (Å²) in [6, 6.07) is 12.0. The first-order valence-corrected chi connectivity index (χ1v) is 8.19. The Morgan fingerprint density at radius 1 is 1.19 bits per heavy atom. The average molecular weight is 325 g/mol. The lowest BCUT2D eigenvalue weighted by atomic mass is 10.2. The number of hydrogen-bond donors (Lipinski definition) is 1. The number of hydrogen-bond acceptors (Lipinski definition) is 3. The summed E-state index contributed by atoms with van der Waals surface area (Å²) < 4.78 is 26.6. The molecule has 0 saturated heterocycles. The van der Waals surface area contributed by atoms with Crippen molar-refractivity contribution in [1.29, 1.82) is 0 Å². The lowest BCUT2D eigenvalue weighted by Crippen LogP contribution is -2.27. The van der Waals surface area contributed by atoms with Crippen LogP contribution < -0.4 is 5.73 Å². The lowest BCUT2D eigenvalue weighted by molar-refractivity contribution is 0.466. The van der Waals surface area contributed by atoms with Gasteiger partial charge in [0, 0.05) is 24.3 Å². The predicted molar refractivity (Wildman–Crippen MR) is 85.7 cm³/mol. The molecule has 0 bridgehead atoms. The minimum atomic E-state index is -3.59. The summed E-state index contributed by atoms with van der Waals surface area (Å²) in [6.07, 6.45) is 0. The quantitative estimate of drug-likeness (QED) is 0.879. The van der Waals surface area contributed by atoms with Crippen molar-refractivity contribution in [2.24, 2.45) is 0 Å². The molecule has 21 heavy (non-hydrogen) atoms. The largest absolute Gasteiger partial charge is 0.399 e. The second-order valence-electron chi connectivity index (χ2n) is 4.92. The minimum absolute atomic E-state index is 0.229. The van der Waals surface area contributed by atoms with E-state index in [4.69, 9.17) is 17.3 Å². The molecule has 0 radical (unpaired) electrons. The van der Waals surface area contributed by atoms with E-state index in [2.05, 4.69) is 0 Å². The van der Waals surface area contributed by atoms with E-state index >= 15 is 0 Å². The summed E-state index contributed by atoms with van der Waals surface area (Å²) in [6.45, 7) is 2.00. The highest BCUT2D eigenvalue weighted by molar-refractivity contribution is 7.89. The van der Waals surface area contributed by atoms with Gasteiger partial charge < -0.3 is 5.73 Å². The van der Waals surface area contributed by atoms with E-state index in [0.717, 1.165) is 5.56 Å². The van der Waals surface area contributed by atoms with Crippen molar-refractivity contribution in [2.75, 3.05) is 12.8 Å². The summed E-state index contributed by atoms with van der Waals surface area (Å²) in [4.78, 5) is 0.229. The van der Waals surface area contributed by atoms with E-state index in [1.54, 1.807) is 44.3 Å². The molecule has 0 aromatic heterocycles. The molecule has 0 amide bonds. The van der Waals surface area contributed by atoms with E-state index in [1.807, 2.05) is 6.07 Å². The third kappa shape index (κ3) is 3.56. The van der Waals surface area contributed by atoms with Crippen LogP contribution in [0.1, 0.15) is 11.1 Å². The first kappa shape index (κ1) is 15.8. The normalized spacial score (nSPS) is 11.8. The van der Waals surface area contributed by atoms with Gasteiger partial charge in [-0.25, -0.2) is 8.42 Å². The van der Waals surface area contributed by atoms with Crippen molar-refractivity contribution in [3.63, 3.8) is 0 Å². The second-order valence-corrected chi connectivity index (χ2v) is 7.37. The maximum atomic E-state index is 12.6. The van der Waals surface area contributed by atoms with Crippen LogP contribution in [0.5, 0.6) is 0 Å². The van der Waals surface area contributed by atoms with Gasteiger partial charge in [-0.3, -0.25) is 0 Å². The molecule has 0 saturated carbocycles. The van der Waals surface area contributed by atoms with Crippen LogP contribution in [-0.4, -0.2) is 19.8 Å². The Morgan fingerprint density at radius 2 is 1.90 bits per heavy atom. The van der Waals surface area contributed by atoms with Crippen LogP contribution in [0.25, 0.3) is 0 Å². The highest BCUT2D eigenvalue weighted by Crippen LogP contribution is 2.23. The van der Waals surface area contributed by atoms with Crippen molar-refractivity contribution in [3.8, 4) is 0 Å². The second kappa shape index (κ2) is 6.05. The van der Waals surface area contributed by atoms with E-state index in [1.165, 1.54) is 10.4 Å². The van der Waals surface area contributed by atoms with Gasteiger partial charge in [-0.05, 0) is 42.3 Å². The van der Waals surface area contributed by atoms with Gasteiger partial charge in [-0.1, -0.05) is 29.8 Å². The summed E-state index contributed by atoms with van der Waals surface area (Å²) >= 11 is 5.92. The van der Waals surface area contributed by atoms with Crippen LogP contribution in [0.2, 0.25) is 5.02 Å². The van der Waals surface area contributed by atoms with Gasteiger partial charge in [0.2, 0.25) is 10.0 Å². The number of rotatable bonds is 4. The first-order valence-electron chi connectivity index (χ1n) is 6.37. The maximum absolute atomic E-state index is 12.6. The molecule has 0 unspecified atom stereocenters. The molecule has 2 rings (SSSR count). The Balaban J connectivity index is 2.33. The zero-order valence-corrected chi connectivity index (χ0v) is 13.4. The van der Waals surface area contributed by atoms with Crippen molar-refractivity contribution < 1.29 is 8.42 Å². The first-order chi connectivity index (χ1) is 9.80. The smallest absolute Gasteiger partial charge is 0.243 e. The SMILES string of the molecule is Cc1ccc(N)cc1S(=O)(=O)N(C)Cc1cccc(Cl)c1. The summed E-state index contributed by atoms with van der Waals surface area (Å²) in [5.41, 5.74) is 7.62. The summed E-state index contributed by atoms with van der Waals surface area (Å²) in [5.74, 6) is 0. The molecule has 0 fully saturated rings. The zero-order chi connectivity index (χ0) is 15.6. The Labute approximate surface area is 130 Å². The van der Waals surface area contributed by atoms with Crippen LogP contribution in [0.4, 0.5) is 5.69 Å². The highest BCUT2D eigenvalue weighted by atomic mass is 35.5. The molecule has 0 heterocycles. The van der Waals surface area contributed by atoms with Gasteiger partial charge in [0.1, 0.15) is 0 Å². The van der Waals surface area contributed by atoms with Gasteiger partial charge in [0.25, 0.3) is 0 Å². The van der Waals surface area contributed by atoms with E-state index in [0.29, 0.717) is 16.3 Å². The third-order valence-corrected chi connectivity index (χ3v) is 5.38. The Morgan fingerprint density at radius 3 is 2.57 bits per heavy atom. The van der Waals surface area contributed by atoms with Crippen LogP contribution in [0, 0.1) is 6.92 Å². The molecule has 0 spiro atoms. The van der Waals surface area contributed by atoms with Crippen molar-refractivity contribution in [2.45, 2.75) is 18.4 Å². The maximum Gasteiger partial charge on any atom is 0.243 e. The van der Waals surface area contributed by atoms with Gasteiger partial charge >= 0.3 is 0 Å². The molecule has 112 valence electrons. The highest BCUT2D eigenvalue weighted by Gasteiger charge is 2.23. The number of sulfonamides is 1. The lowest BCUT2D eigenvalue weighted by Gasteiger charge is -2.19. The van der Waals surface area contributed by atoms with Crippen LogP contribution in [-0.2, 0) is 16.6 Å². The summed E-state index contributed by atoms with van der Waals surface area (Å²) in [5, 5.41) is 0.582. The zero-order valence-electron chi connectivity index (χ0n) is 11.9. The topological polar surface area (TPSA) is 63.4 Å². The molecule has 0 atom stereocenters. The molecule has 4 nitrogen and oxygen atoms in total. The fourth-order valence-corrected chi connectivity index (χ4v) is 3.67. The monoisotopic (exact) mass is 324 g/mol. The van der Waals surface area contributed by atoms with Gasteiger partial charge in [0.15, 0.2) is 0 Å². The molecule has 2 aromatic rings. The average Bonchev–Trinajstić information content (AvgIpc) is 2.41. The van der Waals surface area contributed by atoms with Crippen molar-refractivity contribution in [3.05, 3.63) is 58.6 Å². The number of nitrogens with two attached hydrogens (primary N) is 1. The molecular weight excluding hydrogens is 308 g/mol. The fraction of sp³-hybridized carbons (Fsp3) is 0.200. The molecule has 0 aliphatic carbocycles. The number of aryl methyl sites for hydroxylation is 1. The van der Waals surface area contributed by atoms with E-state index in [9.17, 15) is 8.42 Å². The number of benzene rings is 2. The number of halogens is 1. The molecule has 2 N–H and O–H groups in total. The van der Waals surface area contributed by atoms with Crippen molar-refractivity contribution in [1.82, 2.24) is 4.31 Å². The predicted octanol–water partition coefficient (Wildman–Crippen LogP) is 3.05. The van der Waals surface area contributed by atoms with Crippen LogP contribution in [0.15, 0.2) is 47.4 Å². The van der Waals surface area contributed by atoms with Gasteiger partial charge in [-0.15, -0.1) is 0 Å². The third-order valence-electron chi connectivity index (χ3n) is 3.19. The number of nitrogens with zero attached hydrogens (tertiary/aromatic N) is 1. The molecule has 2 aromatic carbocycles. The summed E-state index contributed by atoms with van der Waals surface area (Å²) in [7, 11) is -2.05. The van der Waals surface area contributed by atoms with Gasteiger partial charge in [0.05, 0.1) is 4.90 Å². The van der Waals surface area contributed by atoms with Gasteiger partial charge in [-0.2, -0.15) is 4.31 Å². The van der Waals surface area contributed by atoms with E-state index in [-0.39, 0.29) is 11.4 Å². The molecule has 0 aliphatic heterocycles. The van der Waals surface area contributed by atoms with Crippen molar-refractivity contribution >= 4 is 27.3 Å². The fourth-order valence-electron chi connectivity index (χ4n) is 2.04. The Hall–Kier alpha value is -1.56.